The second-order valence-corrected chi connectivity index (χ2v) is 5.76. The van der Waals surface area contributed by atoms with Gasteiger partial charge in [0.15, 0.2) is 5.96 Å². The van der Waals surface area contributed by atoms with Gasteiger partial charge in [-0.25, -0.2) is 4.99 Å². The maximum Gasteiger partial charge on any atom is 0.403 e. The van der Waals surface area contributed by atoms with Gasteiger partial charge < -0.3 is 15.5 Å². The molecule has 0 bridgehead atoms. The van der Waals surface area contributed by atoms with Crippen LogP contribution < -0.4 is 10.6 Å². The summed E-state index contributed by atoms with van der Waals surface area (Å²) >= 11 is 0. The van der Waals surface area contributed by atoms with Crippen LogP contribution in [-0.2, 0) is 4.79 Å². The molecule has 1 heterocycles. The van der Waals surface area contributed by atoms with Crippen LogP contribution in [-0.4, -0.2) is 79.7 Å². The minimum atomic E-state index is -4.21. The van der Waals surface area contributed by atoms with Crippen molar-refractivity contribution in [1.82, 2.24) is 20.4 Å². The van der Waals surface area contributed by atoms with Crippen molar-refractivity contribution in [2.45, 2.75) is 39.4 Å². The zero-order chi connectivity index (χ0) is 18.2. The minimum Gasteiger partial charge on any atom is -0.357 e. The number of rotatable bonds is 6. The first-order chi connectivity index (χ1) is 11.3. The van der Waals surface area contributed by atoms with E-state index in [-0.39, 0.29) is 12.5 Å². The largest absolute Gasteiger partial charge is 0.403 e. The molecular formula is C15H28F3N5O. The van der Waals surface area contributed by atoms with Crippen molar-refractivity contribution in [2.24, 2.45) is 4.99 Å². The Morgan fingerprint density at radius 1 is 1.17 bits per heavy atom. The molecule has 0 spiro atoms. The number of hydrogen-bond acceptors (Lipinski definition) is 3. The molecule has 0 aromatic carbocycles. The van der Waals surface area contributed by atoms with Crippen LogP contribution in [0.1, 0.15) is 27.2 Å². The number of piperazine rings is 1. The lowest BCUT2D eigenvalue weighted by atomic mass is 10.2. The van der Waals surface area contributed by atoms with Gasteiger partial charge >= 0.3 is 6.18 Å². The van der Waals surface area contributed by atoms with E-state index in [0.717, 1.165) is 6.42 Å². The number of halogens is 3. The SMILES string of the molecule is CCCNC(=O)CN=C(NCC)N1CCN(C(C)C(F)(F)F)CC1. The van der Waals surface area contributed by atoms with Gasteiger partial charge in [0.25, 0.3) is 0 Å². The van der Waals surface area contributed by atoms with Crippen molar-refractivity contribution in [2.75, 3.05) is 45.8 Å². The van der Waals surface area contributed by atoms with Gasteiger partial charge in [-0.2, -0.15) is 13.2 Å². The number of carbonyl (C=O) groups excluding carboxylic acids is 1. The van der Waals surface area contributed by atoms with Gasteiger partial charge in [-0.15, -0.1) is 0 Å². The minimum absolute atomic E-state index is 0.0154. The lowest BCUT2D eigenvalue weighted by Crippen LogP contribution is -2.56. The van der Waals surface area contributed by atoms with E-state index in [9.17, 15) is 18.0 Å². The molecule has 1 unspecified atom stereocenters. The molecule has 24 heavy (non-hydrogen) atoms. The highest BCUT2D eigenvalue weighted by Gasteiger charge is 2.41. The summed E-state index contributed by atoms with van der Waals surface area (Å²) in [6, 6.07) is -1.45. The van der Waals surface area contributed by atoms with E-state index < -0.39 is 12.2 Å². The maximum absolute atomic E-state index is 12.8. The molecule has 1 saturated heterocycles. The molecule has 0 radical (unpaired) electrons. The topological polar surface area (TPSA) is 60.0 Å². The first-order valence-corrected chi connectivity index (χ1v) is 8.40. The van der Waals surface area contributed by atoms with Gasteiger partial charge in [-0.1, -0.05) is 6.92 Å². The highest BCUT2D eigenvalue weighted by molar-refractivity contribution is 5.85. The Hall–Kier alpha value is -1.51. The molecule has 1 aliphatic rings. The van der Waals surface area contributed by atoms with E-state index in [4.69, 9.17) is 0 Å². The van der Waals surface area contributed by atoms with Crippen molar-refractivity contribution >= 4 is 11.9 Å². The number of aliphatic imine (C=N–C) groups is 1. The number of nitrogens with zero attached hydrogens (tertiary/aromatic N) is 3. The quantitative estimate of drug-likeness (QED) is 0.555. The number of amides is 1. The van der Waals surface area contributed by atoms with E-state index in [1.165, 1.54) is 11.8 Å². The molecule has 0 saturated carbocycles. The summed E-state index contributed by atoms with van der Waals surface area (Å²) in [5, 5.41) is 5.84. The molecule has 0 aromatic rings. The van der Waals surface area contributed by atoms with Crippen LogP contribution in [0.2, 0.25) is 0 Å². The summed E-state index contributed by atoms with van der Waals surface area (Å²) < 4.78 is 38.4. The molecule has 1 aliphatic heterocycles. The van der Waals surface area contributed by atoms with Crippen molar-refractivity contribution < 1.29 is 18.0 Å². The number of carbonyl (C=O) groups is 1. The summed E-state index contributed by atoms with van der Waals surface area (Å²) in [5.74, 6) is 0.417. The second kappa shape index (κ2) is 9.71. The van der Waals surface area contributed by atoms with Gasteiger partial charge in [0.05, 0.1) is 0 Å². The smallest absolute Gasteiger partial charge is 0.357 e. The van der Waals surface area contributed by atoms with Crippen LogP contribution in [0, 0.1) is 0 Å². The third kappa shape index (κ3) is 6.54. The molecule has 6 nitrogen and oxygen atoms in total. The average molecular weight is 351 g/mol. The number of guanidine groups is 1. The van der Waals surface area contributed by atoms with Crippen LogP contribution in [0.15, 0.2) is 4.99 Å². The zero-order valence-electron chi connectivity index (χ0n) is 14.6. The molecule has 9 heteroatoms. The van der Waals surface area contributed by atoms with E-state index in [2.05, 4.69) is 15.6 Å². The van der Waals surface area contributed by atoms with Crippen molar-refractivity contribution in [1.29, 1.82) is 0 Å². The van der Waals surface area contributed by atoms with E-state index in [0.29, 0.717) is 45.2 Å². The van der Waals surface area contributed by atoms with Crippen molar-refractivity contribution in [3.63, 3.8) is 0 Å². The van der Waals surface area contributed by atoms with Crippen molar-refractivity contribution in [3.05, 3.63) is 0 Å². The lowest BCUT2D eigenvalue weighted by molar-refractivity contribution is -0.181. The van der Waals surface area contributed by atoms with Gasteiger partial charge in [-0.3, -0.25) is 9.69 Å². The molecule has 0 aliphatic carbocycles. The monoisotopic (exact) mass is 351 g/mol. The molecule has 1 atom stereocenters. The standard InChI is InChI=1S/C15H28F3N5O/c1-4-6-20-13(24)11-21-14(19-5-2)23-9-7-22(8-10-23)12(3)15(16,17)18/h12H,4-11H2,1-3H3,(H,19,21)(H,20,24). The Balaban J connectivity index is 2.57. The summed E-state index contributed by atoms with van der Waals surface area (Å²) in [6.07, 6.45) is -3.35. The highest BCUT2D eigenvalue weighted by atomic mass is 19.4. The predicted octanol–water partition coefficient (Wildman–Crippen LogP) is 1.05. The summed E-state index contributed by atoms with van der Waals surface area (Å²) in [4.78, 5) is 19.3. The molecular weight excluding hydrogens is 323 g/mol. The van der Waals surface area contributed by atoms with Crippen molar-refractivity contribution in [3.8, 4) is 0 Å². The van der Waals surface area contributed by atoms with E-state index in [1.807, 2.05) is 18.7 Å². The van der Waals surface area contributed by atoms with E-state index in [1.54, 1.807) is 0 Å². The Bertz CT molecular complexity index is 420. The summed E-state index contributed by atoms with van der Waals surface area (Å²) in [6.45, 7) is 7.84. The zero-order valence-corrected chi connectivity index (χ0v) is 14.6. The van der Waals surface area contributed by atoms with Crippen LogP contribution in [0.3, 0.4) is 0 Å². The summed E-state index contributed by atoms with van der Waals surface area (Å²) in [5.41, 5.74) is 0. The molecule has 140 valence electrons. The Kier molecular flexibility index (Phi) is 8.30. The number of hydrogen-bond donors (Lipinski definition) is 2. The number of alkyl halides is 3. The van der Waals surface area contributed by atoms with Gasteiger partial charge in [0.1, 0.15) is 12.6 Å². The summed E-state index contributed by atoms with van der Waals surface area (Å²) in [7, 11) is 0. The Morgan fingerprint density at radius 2 is 1.79 bits per heavy atom. The molecule has 0 aromatic heterocycles. The Morgan fingerprint density at radius 3 is 2.29 bits per heavy atom. The maximum atomic E-state index is 12.8. The molecule has 1 rings (SSSR count). The van der Waals surface area contributed by atoms with Crippen LogP contribution >= 0.6 is 0 Å². The second-order valence-electron chi connectivity index (χ2n) is 5.76. The highest BCUT2D eigenvalue weighted by Crippen LogP contribution is 2.25. The van der Waals surface area contributed by atoms with Crippen LogP contribution in [0.25, 0.3) is 0 Å². The third-order valence-electron chi connectivity index (χ3n) is 3.91. The Labute approximate surface area is 141 Å². The lowest BCUT2D eigenvalue weighted by Gasteiger charge is -2.39. The average Bonchev–Trinajstić information content (AvgIpc) is 2.55. The first kappa shape index (κ1) is 20.5. The van der Waals surface area contributed by atoms with E-state index >= 15 is 0 Å². The molecule has 2 N–H and O–H groups in total. The van der Waals surface area contributed by atoms with Crippen LogP contribution in [0.4, 0.5) is 13.2 Å². The van der Waals surface area contributed by atoms with Gasteiger partial charge in [0, 0.05) is 39.3 Å². The fourth-order valence-corrected chi connectivity index (χ4v) is 2.42. The van der Waals surface area contributed by atoms with Crippen LogP contribution in [0.5, 0.6) is 0 Å². The number of nitrogens with one attached hydrogen (secondary N) is 2. The third-order valence-corrected chi connectivity index (χ3v) is 3.91. The fourth-order valence-electron chi connectivity index (χ4n) is 2.42. The fraction of sp³-hybridized carbons (Fsp3) is 0.867. The normalized spacial score (nSPS) is 18.4. The van der Waals surface area contributed by atoms with Gasteiger partial charge in [0.2, 0.25) is 5.91 Å². The molecule has 1 fully saturated rings. The predicted molar refractivity (Wildman–Crippen MR) is 87.9 cm³/mol. The molecule has 1 amide bonds. The van der Waals surface area contributed by atoms with Gasteiger partial charge in [-0.05, 0) is 20.3 Å². The first-order valence-electron chi connectivity index (χ1n) is 8.40.